The largest absolute Gasteiger partial charge is 0.281 e. The van der Waals surface area contributed by atoms with Crippen LogP contribution in [0.1, 0.15) is 16.8 Å². The van der Waals surface area contributed by atoms with Gasteiger partial charge in [-0.1, -0.05) is 42.5 Å². The summed E-state index contributed by atoms with van der Waals surface area (Å²) in [7, 11) is 0. The molecule has 0 atom stereocenters. The number of aryl methyl sites for hydroxylation is 1. The van der Waals surface area contributed by atoms with E-state index in [0.717, 1.165) is 16.8 Å². The molecule has 4 heteroatoms. The molecule has 20 heavy (non-hydrogen) atoms. The normalized spacial score (nSPS) is 11.2. The van der Waals surface area contributed by atoms with Gasteiger partial charge in [0.25, 0.3) is 0 Å². The van der Waals surface area contributed by atoms with Gasteiger partial charge in [-0.2, -0.15) is 0 Å². The van der Waals surface area contributed by atoms with Crippen molar-refractivity contribution in [3.63, 3.8) is 0 Å². The lowest BCUT2D eigenvalue weighted by molar-refractivity contribution is 1.15. The zero-order chi connectivity index (χ0) is 13.9. The van der Waals surface area contributed by atoms with Crippen LogP contribution in [0, 0.1) is 11.8 Å². The molecule has 0 radical (unpaired) electrons. The monoisotopic (exact) mass is 263 g/mol. The van der Waals surface area contributed by atoms with Crippen molar-refractivity contribution in [1.82, 2.24) is 9.38 Å². The smallest absolute Gasteiger partial charge is 0.204 e. The summed E-state index contributed by atoms with van der Waals surface area (Å²) < 4.78 is 1.72. The van der Waals surface area contributed by atoms with Crippen molar-refractivity contribution in [3.05, 3.63) is 70.4 Å². The lowest BCUT2D eigenvalue weighted by atomic mass is 10.1. The molecule has 0 fully saturated rings. The van der Waals surface area contributed by atoms with Crippen LogP contribution in [-0.4, -0.2) is 9.38 Å². The molecule has 0 aliphatic rings. The van der Waals surface area contributed by atoms with E-state index in [4.69, 9.17) is 0 Å². The van der Waals surface area contributed by atoms with Gasteiger partial charge in [-0.3, -0.25) is 4.40 Å². The van der Waals surface area contributed by atoms with Crippen LogP contribution in [0.5, 0.6) is 0 Å². The van der Waals surface area contributed by atoms with Gasteiger partial charge in [0.15, 0.2) is 0 Å². The third-order valence-electron chi connectivity index (χ3n) is 3.16. The molecule has 0 spiro atoms. The number of nitrogens with zero attached hydrogens (tertiary/aromatic N) is 3. The fourth-order valence-corrected chi connectivity index (χ4v) is 2.18. The van der Waals surface area contributed by atoms with E-state index < -0.39 is 0 Å². The first-order valence-electron chi connectivity index (χ1n) is 6.34. The maximum atomic E-state index is 10.9. The molecule has 0 unspecified atom stereocenters. The zero-order valence-corrected chi connectivity index (χ0v) is 11.0. The molecule has 3 rings (SSSR count). The first kappa shape index (κ1) is 12.3. The number of benzene rings is 1. The van der Waals surface area contributed by atoms with E-state index in [1.54, 1.807) is 17.5 Å². The number of fused-ring (bicyclic) bond motifs is 1. The van der Waals surface area contributed by atoms with Crippen molar-refractivity contribution in [2.24, 2.45) is 5.18 Å². The number of imidazole rings is 1. The van der Waals surface area contributed by atoms with E-state index in [2.05, 4.69) is 10.2 Å². The molecule has 2 aromatic heterocycles. The van der Waals surface area contributed by atoms with E-state index in [1.165, 1.54) is 0 Å². The van der Waals surface area contributed by atoms with Gasteiger partial charge in [-0.15, -0.1) is 4.91 Å². The van der Waals surface area contributed by atoms with Crippen LogP contribution in [0.4, 0.5) is 5.82 Å². The molecular formula is C16H13N3O. The van der Waals surface area contributed by atoms with Gasteiger partial charge in [-0.05, 0) is 29.8 Å². The molecule has 3 aromatic rings. The second-order valence-corrected chi connectivity index (χ2v) is 4.51. The van der Waals surface area contributed by atoms with Gasteiger partial charge in [0.05, 0.1) is 5.69 Å². The van der Waals surface area contributed by atoms with E-state index in [9.17, 15) is 4.91 Å². The Morgan fingerprint density at radius 3 is 2.65 bits per heavy atom. The highest BCUT2D eigenvalue weighted by Crippen LogP contribution is 2.23. The lowest BCUT2D eigenvalue weighted by Gasteiger charge is -1.98. The quantitative estimate of drug-likeness (QED) is 0.664. The van der Waals surface area contributed by atoms with Crippen LogP contribution in [0.3, 0.4) is 0 Å². The van der Waals surface area contributed by atoms with Crippen LogP contribution in [0.2, 0.25) is 0 Å². The highest BCUT2D eigenvalue weighted by Gasteiger charge is 2.10. The van der Waals surface area contributed by atoms with Gasteiger partial charge in [-0.25, -0.2) is 4.98 Å². The maximum Gasteiger partial charge on any atom is 0.204 e. The first-order chi connectivity index (χ1) is 9.79. The summed E-state index contributed by atoms with van der Waals surface area (Å²) in [5.74, 6) is 0.356. The van der Waals surface area contributed by atoms with Gasteiger partial charge in [0.1, 0.15) is 5.65 Å². The summed E-state index contributed by atoms with van der Waals surface area (Å²) in [5, 5.41) is 3.04. The fraction of sp³-hybridized carbons (Fsp3) is 0.0625. The van der Waals surface area contributed by atoms with Crippen molar-refractivity contribution in [1.29, 1.82) is 0 Å². The number of rotatable bonds is 3. The Labute approximate surface area is 116 Å². The third-order valence-corrected chi connectivity index (χ3v) is 3.16. The summed E-state index contributed by atoms with van der Waals surface area (Å²) in [6.45, 7) is 1.79. The van der Waals surface area contributed by atoms with Crippen molar-refractivity contribution >= 4 is 23.6 Å². The molecular weight excluding hydrogens is 250 g/mol. The van der Waals surface area contributed by atoms with Gasteiger partial charge in [0.2, 0.25) is 5.82 Å². The van der Waals surface area contributed by atoms with E-state index >= 15 is 0 Å². The molecule has 4 nitrogen and oxygen atoms in total. The molecule has 0 saturated carbocycles. The number of nitroso groups, excluding NO2 is 1. The number of hydrogen-bond donors (Lipinski definition) is 0. The Morgan fingerprint density at radius 2 is 1.90 bits per heavy atom. The summed E-state index contributed by atoms with van der Waals surface area (Å²) in [6.07, 6.45) is 5.81. The lowest BCUT2D eigenvalue weighted by Crippen LogP contribution is -1.86. The summed E-state index contributed by atoms with van der Waals surface area (Å²) >= 11 is 0. The molecule has 0 bridgehead atoms. The number of pyridine rings is 1. The average Bonchev–Trinajstić information content (AvgIpc) is 2.82. The second-order valence-electron chi connectivity index (χ2n) is 4.51. The summed E-state index contributed by atoms with van der Waals surface area (Å²) in [5.41, 5.74) is 3.45. The minimum atomic E-state index is 0.356. The third kappa shape index (κ3) is 2.12. The Morgan fingerprint density at radius 1 is 1.10 bits per heavy atom. The Bertz CT molecular complexity index is 788. The molecule has 0 aliphatic carbocycles. The van der Waals surface area contributed by atoms with Gasteiger partial charge < -0.3 is 0 Å². The minimum absolute atomic E-state index is 0.356. The predicted octanol–water partition coefficient (Wildman–Crippen LogP) is 4.21. The molecule has 0 aliphatic heterocycles. The molecule has 0 saturated heterocycles. The topological polar surface area (TPSA) is 46.7 Å². The molecule has 98 valence electrons. The molecule has 1 aromatic carbocycles. The van der Waals surface area contributed by atoms with Crippen LogP contribution >= 0.6 is 0 Å². The van der Waals surface area contributed by atoms with Crippen molar-refractivity contribution in [3.8, 4) is 0 Å². The van der Waals surface area contributed by atoms with Gasteiger partial charge in [0, 0.05) is 11.8 Å². The Balaban J connectivity index is 2.09. The second kappa shape index (κ2) is 5.09. The minimum Gasteiger partial charge on any atom is -0.281 e. The molecule has 2 heterocycles. The maximum absolute atomic E-state index is 10.9. The van der Waals surface area contributed by atoms with E-state index in [0.29, 0.717) is 11.5 Å². The van der Waals surface area contributed by atoms with Crippen LogP contribution in [0.25, 0.3) is 17.8 Å². The van der Waals surface area contributed by atoms with Gasteiger partial charge >= 0.3 is 0 Å². The number of aromatic nitrogens is 2. The Hall–Kier alpha value is -2.75. The SMILES string of the molecule is Cc1nc2c(/C=C/c3ccccc3)cccn2c1N=O. The zero-order valence-electron chi connectivity index (χ0n) is 11.0. The summed E-state index contributed by atoms with van der Waals surface area (Å²) in [6, 6.07) is 13.9. The first-order valence-corrected chi connectivity index (χ1v) is 6.34. The van der Waals surface area contributed by atoms with Crippen LogP contribution in [0.15, 0.2) is 53.8 Å². The standard InChI is InChI=1S/C16H13N3O/c1-12-15(18-20)19-11-5-8-14(16(19)17-12)10-9-13-6-3-2-4-7-13/h2-11H,1H3/b10-9+. The van der Waals surface area contributed by atoms with Crippen molar-refractivity contribution in [2.75, 3.05) is 0 Å². The highest BCUT2D eigenvalue weighted by molar-refractivity contribution is 5.77. The number of hydrogen-bond acceptors (Lipinski definition) is 3. The molecule has 0 amide bonds. The summed E-state index contributed by atoms with van der Waals surface area (Å²) in [4.78, 5) is 15.3. The van der Waals surface area contributed by atoms with E-state index in [-0.39, 0.29) is 0 Å². The van der Waals surface area contributed by atoms with E-state index in [1.807, 2.05) is 54.6 Å². The van der Waals surface area contributed by atoms with Crippen molar-refractivity contribution in [2.45, 2.75) is 6.92 Å². The Kier molecular flexibility index (Phi) is 3.13. The predicted molar refractivity (Wildman–Crippen MR) is 80.8 cm³/mol. The fourth-order valence-electron chi connectivity index (χ4n) is 2.18. The van der Waals surface area contributed by atoms with Crippen LogP contribution < -0.4 is 0 Å². The highest BCUT2D eigenvalue weighted by atomic mass is 16.3. The molecule has 0 N–H and O–H groups in total. The average molecular weight is 263 g/mol. The van der Waals surface area contributed by atoms with Crippen molar-refractivity contribution < 1.29 is 0 Å². The van der Waals surface area contributed by atoms with Crippen LogP contribution in [-0.2, 0) is 0 Å².